The third-order valence-electron chi connectivity index (χ3n) is 4.01. The average molecular weight is 355 g/mol. The second-order valence-corrected chi connectivity index (χ2v) is 5.89. The summed E-state index contributed by atoms with van der Waals surface area (Å²) in [5, 5.41) is 12.9. The van der Waals surface area contributed by atoms with Crippen LogP contribution in [0.5, 0.6) is 11.5 Å². The standard InChI is InChI=1S/C21H25NO4/c1-4-6-18-11-16(12-19(25-3)20(18)26-5-2)14-22-13-15-7-9-17(10-8-15)21(23)24/h4,7-12,22H,1,5-6,13-14H2,2-3H3,(H,23,24). The van der Waals surface area contributed by atoms with E-state index in [1.54, 1.807) is 19.2 Å². The summed E-state index contributed by atoms with van der Waals surface area (Å²) >= 11 is 0. The normalized spacial score (nSPS) is 10.4. The molecule has 0 fully saturated rings. The van der Waals surface area contributed by atoms with Crippen molar-refractivity contribution >= 4 is 5.97 Å². The number of quaternary nitrogens is 1. The fourth-order valence-electron chi connectivity index (χ4n) is 2.79. The third kappa shape index (κ3) is 5.10. The summed E-state index contributed by atoms with van der Waals surface area (Å²) in [6, 6.07) is 10.9. The molecule has 2 aromatic carbocycles. The molecule has 0 radical (unpaired) electrons. The maximum Gasteiger partial charge on any atom is 0.164 e. The zero-order valence-electron chi connectivity index (χ0n) is 15.3. The van der Waals surface area contributed by atoms with Crippen LogP contribution >= 0.6 is 0 Å². The van der Waals surface area contributed by atoms with Crippen molar-refractivity contribution in [3.63, 3.8) is 0 Å². The highest BCUT2D eigenvalue weighted by Crippen LogP contribution is 2.33. The quantitative estimate of drug-likeness (QED) is 0.655. The van der Waals surface area contributed by atoms with Crippen LogP contribution in [-0.2, 0) is 19.5 Å². The summed E-state index contributed by atoms with van der Waals surface area (Å²) < 4.78 is 11.2. The van der Waals surface area contributed by atoms with Gasteiger partial charge in [-0.3, -0.25) is 0 Å². The molecule has 0 bridgehead atoms. The Morgan fingerprint density at radius 2 is 1.88 bits per heavy atom. The lowest BCUT2D eigenvalue weighted by molar-refractivity contribution is -0.686. The largest absolute Gasteiger partial charge is 0.545 e. The monoisotopic (exact) mass is 355 g/mol. The van der Waals surface area contributed by atoms with E-state index >= 15 is 0 Å². The van der Waals surface area contributed by atoms with Gasteiger partial charge in [-0.05, 0) is 31.0 Å². The fourth-order valence-corrected chi connectivity index (χ4v) is 2.79. The van der Waals surface area contributed by atoms with Crippen molar-refractivity contribution in [2.45, 2.75) is 26.4 Å². The Labute approximate surface area is 154 Å². The lowest BCUT2D eigenvalue weighted by atomic mass is 10.1. The van der Waals surface area contributed by atoms with E-state index in [0.717, 1.165) is 41.3 Å². The number of carbonyl (C=O) groups is 1. The highest BCUT2D eigenvalue weighted by Gasteiger charge is 2.13. The van der Waals surface area contributed by atoms with Gasteiger partial charge in [0.15, 0.2) is 11.5 Å². The maximum absolute atomic E-state index is 10.8. The zero-order valence-corrected chi connectivity index (χ0v) is 15.3. The van der Waals surface area contributed by atoms with Crippen molar-refractivity contribution in [2.24, 2.45) is 0 Å². The first kappa shape index (κ1) is 19.5. The lowest BCUT2D eigenvalue weighted by Gasteiger charge is -2.15. The molecular formula is C21H25NO4. The first-order chi connectivity index (χ1) is 12.6. The van der Waals surface area contributed by atoms with Crippen LogP contribution in [-0.4, -0.2) is 19.7 Å². The molecule has 0 heterocycles. The van der Waals surface area contributed by atoms with E-state index < -0.39 is 5.97 Å². The Kier molecular flexibility index (Phi) is 7.24. The van der Waals surface area contributed by atoms with Crippen LogP contribution in [0.4, 0.5) is 0 Å². The summed E-state index contributed by atoms with van der Waals surface area (Å²) in [7, 11) is 1.64. The molecule has 0 aliphatic heterocycles. The van der Waals surface area contributed by atoms with Crippen LogP contribution in [0.15, 0.2) is 49.1 Å². The average Bonchev–Trinajstić information content (AvgIpc) is 2.64. The van der Waals surface area contributed by atoms with Crippen LogP contribution in [0.1, 0.15) is 34.0 Å². The molecule has 5 heteroatoms. The van der Waals surface area contributed by atoms with Crippen LogP contribution < -0.4 is 19.9 Å². The number of hydrogen-bond donors (Lipinski definition) is 1. The first-order valence-corrected chi connectivity index (χ1v) is 8.64. The number of carboxylic acid groups (broad SMARTS) is 1. The topological polar surface area (TPSA) is 75.2 Å². The predicted molar refractivity (Wildman–Crippen MR) is 98.2 cm³/mol. The molecule has 2 N–H and O–H groups in total. The van der Waals surface area contributed by atoms with Crippen LogP contribution in [0.2, 0.25) is 0 Å². The van der Waals surface area contributed by atoms with Crippen molar-refractivity contribution in [3.8, 4) is 11.5 Å². The van der Waals surface area contributed by atoms with Gasteiger partial charge in [-0.15, -0.1) is 6.58 Å². The minimum absolute atomic E-state index is 0.194. The van der Waals surface area contributed by atoms with Crippen LogP contribution in [0.3, 0.4) is 0 Å². The highest BCUT2D eigenvalue weighted by atomic mass is 16.5. The van der Waals surface area contributed by atoms with Gasteiger partial charge in [-0.1, -0.05) is 30.3 Å². The zero-order chi connectivity index (χ0) is 18.9. The highest BCUT2D eigenvalue weighted by molar-refractivity contribution is 5.85. The molecule has 0 aromatic heterocycles. The molecule has 0 aliphatic carbocycles. The number of methoxy groups -OCH3 is 1. The Morgan fingerprint density at radius 3 is 2.46 bits per heavy atom. The molecule has 2 aromatic rings. The molecule has 5 nitrogen and oxygen atoms in total. The number of hydrogen-bond acceptors (Lipinski definition) is 4. The second-order valence-electron chi connectivity index (χ2n) is 5.89. The van der Waals surface area contributed by atoms with Gasteiger partial charge in [0.1, 0.15) is 13.1 Å². The summed E-state index contributed by atoms with van der Waals surface area (Å²) in [5.41, 5.74) is 3.44. The van der Waals surface area contributed by atoms with E-state index in [4.69, 9.17) is 9.47 Å². The number of ether oxygens (including phenoxy) is 2. The molecular weight excluding hydrogens is 330 g/mol. The molecule has 0 unspecified atom stereocenters. The number of allylic oxidation sites excluding steroid dienone is 1. The van der Waals surface area contributed by atoms with E-state index in [9.17, 15) is 9.90 Å². The Bertz CT molecular complexity index is 753. The maximum atomic E-state index is 10.8. The molecule has 0 saturated carbocycles. The smallest absolute Gasteiger partial charge is 0.164 e. The van der Waals surface area contributed by atoms with Gasteiger partial charge in [0.2, 0.25) is 0 Å². The lowest BCUT2D eigenvalue weighted by Crippen LogP contribution is -2.80. The van der Waals surface area contributed by atoms with Crippen LogP contribution in [0, 0.1) is 0 Å². The van der Waals surface area contributed by atoms with Gasteiger partial charge >= 0.3 is 0 Å². The minimum Gasteiger partial charge on any atom is -0.545 e. The van der Waals surface area contributed by atoms with Gasteiger partial charge < -0.3 is 24.7 Å². The van der Waals surface area contributed by atoms with Gasteiger partial charge in [-0.25, -0.2) is 0 Å². The van der Waals surface area contributed by atoms with Crippen molar-refractivity contribution in [3.05, 3.63) is 71.3 Å². The molecule has 26 heavy (non-hydrogen) atoms. The van der Waals surface area contributed by atoms with Crippen molar-refractivity contribution < 1.29 is 24.7 Å². The number of carboxylic acids is 1. The number of nitrogens with two attached hydrogens (primary N) is 1. The van der Waals surface area contributed by atoms with E-state index in [-0.39, 0.29) is 5.56 Å². The van der Waals surface area contributed by atoms with Crippen LogP contribution in [0.25, 0.3) is 0 Å². The van der Waals surface area contributed by atoms with Gasteiger partial charge in [-0.2, -0.15) is 0 Å². The molecule has 138 valence electrons. The van der Waals surface area contributed by atoms with E-state index in [0.29, 0.717) is 13.0 Å². The third-order valence-corrected chi connectivity index (χ3v) is 4.01. The molecule has 0 aliphatic rings. The van der Waals surface area contributed by atoms with E-state index in [1.165, 1.54) is 0 Å². The van der Waals surface area contributed by atoms with Gasteiger partial charge in [0.25, 0.3) is 0 Å². The SMILES string of the molecule is C=CCc1cc(C[NH2+]Cc2ccc(C(=O)[O-])cc2)cc(OC)c1OCC. The van der Waals surface area contributed by atoms with Gasteiger partial charge in [0.05, 0.1) is 19.7 Å². The number of rotatable bonds is 10. The Hall–Kier alpha value is -2.79. The second kappa shape index (κ2) is 9.63. The number of carbonyl (C=O) groups excluding carboxylic acids is 1. The Balaban J connectivity index is 2.07. The van der Waals surface area contributed by atoms with Crippen molar-refractivity contribution in [1.29, 1.82) is 0 Å². The molecule has 0 amide bonds. The summed E-state index contributed by atoms with van der Waals surface area (Å²) in [6.07, 6.45) is 2.56. The summed E-state index contributed by atoms with van der Waals surface area (Å²) in [5.74, 6) is 0.348. The summed E-state index contributed by atoms with van der Waals surface area (Å²) in [4.78, 5) is 10.8. The van der Waals surface area contributed by atoms with Crippen molar-refractivity contribution in [1.82, 2.24) is 0 Å². The van der Waals surface area contributed by atoms with Gasteiger partial charge in [0, 0.05) is 16.7 Å². The minimum atomic E-state index is -1.16. The fraction of sp³-hybridized carbons (Fsp3) is 0.286. The van der Waals surface area contributed by atoms with E-state index in [1.807, 2.05) is 31.2 Å². The number of benzene rings is 2. The molecule has 2 rings (SSSR count). The Morgan fingerprint density at radius 1 is 1.19 bits per heavy atom. The van der Waals surface area contributed by atoms with Crippen molar-refractivity contribution in [2.75, 3.05) is 13.7 Å². The number of aromatic carboxylic acids is 1. The summed E-state index contributed by atoms with van der Waals surface area (Å²) in [6.45, 7) is 7.86. The molecule has 0 atom stereocenters. The first-order valence-electron chi connectivity index (χ1n) is 8.64. The molecule has 0 saturated heterocycles. The predicted octanol–water partition coefficient (Wildman–Crippen LogP) is 1.45. The van der Waals surface area contributed by atoms with E-state index in [2.05, 4.69) is 18.0 Å². The molecule has 0 spiro atoms.